The second-order valence-electron chi connectivity index (χ2n) is 7.34. The van der Waals surface area contributed by atoms with E-state index in [9.17, 15) is 4.79 Å². The SMILES string of the molecule is CCOc1ccc(-n2c(SCC(=O)Nc3ccc(OC)cc3OC)nnc2-c2ccccc2)cc1. The molecule has 35 heavy (non-hydrogen) atoms. The molecular formula is C26H26N4O4S. The number of nitrogens with zero attached hydrogens (tertiary/aromatic N) is 3. The van der Waals surface area contributed by atoms with Crippen molar-refractivity contribution in [1.82, 2.24) is 14.8 Å². The quantitative estimate of drug-likeness (QED) is 0.310. The Kier molecular flexibility index (Phi) is 7.89. The topological polar surface area (TPSA) is 87.5 Å². The molecule has 4 aromatic rings. The predicted molar refractivity (Wildman–Crippen MR) is 137 cm³/mol. The van der Waals surface area contributed by atoms with E-state index < -0.39 is 0 Å². The van der Waals surface area contributed by atoms with Gasteiger partial charge in [-0.05, 0) is 43.3 Å². The lowest BCUT2D eigenvalue weighted by atomic mass is 10.2. The van der Waals surface area contributed by atoms with Gasteiger partial charge in [-0.1, -0.05) is 42.1 Å². The van der Waals surface area contributed by atoms with E-state index in [-0.39, 0.29) is 11.7 Å². The largest absolute Gasteiger partial charge is 0.497 e. The lowest BCUT2D eigenvalue weighted by Crippen LogP contribution is -2.15. The van der Waals surface area contributed by atoms with Gasteiger partial charge in [-0.3, -0.25) is 9.36 Å². The van der Waals surface area contributed by atoms with Gasteiger partial charge in [0, 0.05) is 17.3 Å². The van der Waals surface area contributed by atoms with Gasteiger partial charge in [0.15, 0.2) is 11.0 Å². The summed E-state index contributed by atoms with van der Waals surface area (Å²) in [6.45, 7) is 2.54. The first-order valence-corrected chi connectivity index (χ1v) is 12.0. The fourth-order valence-electron chi connectivity index (χ4n) is 3.45. The predicted octanol–water partition coefficient (Wildman–Crippen LogP) is 5.08. The number of nitrogens with one attached hydrogen (secondary N) is 1. The summed E-state index contributed by atoms with van der Waals surface area (Å²) in [5.74, 6) is 2.58. The molecular weight excluding hydrogens is 464 g/mol. The average Bonchev–Trinajstić information content (AvgIpc) is 3.33. The van der Waals surface area contributed by atoms with Crippen molar-refractivity contribution in [1.29, 1.82) is 0 Å². The van der Waals surface area contributed by atoms with Crippen LogP contribution >= 0.6 is 11.8 Å². The van der Waals surface area contributed by atoms with Crippen LogP contribution in [0.2, 0.25) is 0 Å². The maximum absolute atomic E-state index is 12.8. The van der Waals surface area contributed by atoms with Crippen molar-refractivity contribution in [2.24, 2.45) is 0 Å². The van der Waals surface area contributed by atoms with Crippen LogP contribution in [-0.2, 0) is 4.79 Å². The Bertz CT molecular complexity index is 1280. The monoisotopic (exact) mass is 490 g/mol. The number of ether oxygens (including phenoxy) is 3. The van der Waals surface area contributed by atoms with Crippen molar-refractivity contribution in [2.45, 2.75) is 12.1 Å². The van der Waals surface area contributed by atoms with Gasteiger partial charge in [0.25, 0.3) is 0 Å². The summed E-state index contributed by atoms with van der Waals surface area (Å²) in [5, 5.41) is 12.3. The molecule has 0 saturated carbocycles. The summed E-state index contributed by atoms with van der Waals surface area (Å²) in [4.78, 5) is 12.8. The molecule has 0 aliphatic carbocycles. The first-order chi connectivity index (χ1) is 17.1. The standard InChI is InChI=1S/C26H26N4O4S/c1-4-34-20-12-10-19(11-13-20)30-25(18-8-6-5-7-9-18)28-29-26(30)35-17-24(31)27-22-15-14-21(32-2)16-23(22)33-3/h5-16H,4,17H2,1-3H3,(H,27,31). The minimum Gasteiger partial charge on any atom is -0.497 e. The summed E-state index contributed by atoms with van der Waals surface area (Å²) in [7, 11) is 3.12. The molecule has 0 saturated heterocycles. The molecule has 0 unspecified atom stereocenters. The Morgan fingerprint density at radius 1 is 0.943 bits per heavy atom. The highest BCUT2D eigenvalue weighted by Gasteiger charge is 2.18. The number of carbonyl (C=O) groups is 1. The minimum atomic E-state index is -0.194. The van der Waals surface area contributed by atoms with Gasteiger partial charge < -0.3 is 19.5 Å². The van der Waals surface area contributed by atoms with E-state index in [0.717, 1.165) is 17.0 Å². The smallest absolute Gasteiger partial charge is 0.234 e. The zero-order chi connectivity index (χ0) is 24.6. The van der Waals surface area contributed by atoms with E-state index in [1.165, 1.54) is 11.8 Å². The van der Waals surface area contributed by atoms with E-state index in [1.807, 2.05) is 66.1 Å². The van der Waals surface area contributed by atoms with Crippen molar-refractivity contribution in [2.75, 3.05) is 31.9 Å². The van der Waals surface area contributed by atoms with Gasteiger partial charge in [0.1, 0.15) is 17.2 Å². The van der Waals surface area contributed by atoms with Crippen molar-refractivity contribution in [3.8, 4) is 34.3 Å². The second kappa shape index (κ2) is 11.4. The zero-order valence-electron chi connectivity index (χ0n) is 19.7. The van der Waals surface area contributed by atoms with E-state index in [2.05, 4.69) is 15.5 Å². The van der Waals surface area contributed by atoms with Crippen LogP contribution in [0.25, 0.3) is 17.1 Å². The van der Waals surface area contributed by atoms with Crippen LogP contribution in [-0.4, -0.2) is 47.3 Å². The van der Waals surface area contributed by atoms with Gasteiger partial charge in [-0.25, -0.2) is 0 Å². The summed E-state index contributed by atoms with van der Waals surface area (Å²) in [5.41, 5.74) is 2.36. The third-order valence-corrected chi connectivity index (χ3v) is 6.02. The molecule has 8 nitrogen and oxygen atoms in total. The molecule has 3 aromatic carbocycles. The number of aromatic nitrogens is 3. The fraction of sp³-hybridized carbons (Fsp3) is 0.192. The van der Waals surface area contributed by atoms with Crippen molar-refractivity contribution in [3.05, 3.63) is 72.8 Å². The zero-order valence-corrected chi connectivity index (χ0v) is 20.5. The molecule has 0 fully saturated rings. The molecule has 0 atom stereocenters. The number of benzene rings is 3. The van der Waals surface area contributed by atoms with Crippen LogP contribution in [0.5, 0.6) is 17.2 Å². The van der Waals surface area contributed by atoms with Crippen LogP contribution in [0.3, 0.4) is 0 Å². The summed E-state index contributed by atoms with van der Waals surface area (Å²) in [6.07, 6.45) is 0. The van der Waals surface area contributed by atoms with E-state index in [1.54, 1.807) is 32.4 Å². The third kappa shape index (κ3) is 5.75. The van der Waals surface area contributed by atoms with Gasteiger partial charge >= 0.3 is 0 Å². The number of thioether (sulfide) groups is 1. The minimum absolute atomic E-state index is 0.138. The molecule has 1 N–H and O–H groups in total. The molecule has 9 heteroatoms. The summed E-state index contributed by atoms with van der Waals surface area (Å²) >= 11 is 1.30. The van der Waals surface area contributed by atoms with Crippen molar-refractivity contribution >= 4 is 23.4 Å². The van der Waals surface area contributed by atoms with Crippen LogP contribution in [0.15, 0.2) is 78.0 Å². The fourth-order valence-corrected chi connectivity index (χ4v) is 4.20. The average molecular weight is 491 g/mol. The maximum atomic E-state index is 12.8. The van der Waals surface area contributed by atoms with Gasteiger partial charge in [0.2, 0.25) is 5.91 Å². The van der Waals surface area contributed by atoms with Crippen LogP contribution in [0.1, 0.15) is 6.92 Å². The van der Waals surface area contributed by atoms with E-state index in [4.69, 9.17) is 14.2 Å². The van der Waals surface area contributed by atoms with E-state index >= 15 is 0 Å². The highest BCUT2D eigenvalue weighted by Crippen LogP contribution is 2.31. The molecule has 0 radical (unpaired) electrons. The number of hydrogen-bond acceptors (Lipinski definition) is 7. The van der Waals surface area contributed by atoms with Crippen molar-refractivity contribution < 1.29 is 19.0 Å². The maximum Gasteiger partial charge on any atom is 0.234 e. The lowest BCUT2D eigenvalue weighted by molar-refractivity contribution is -0.113. The molecule has 1 amide bonds. The second-order valence-corrected chi connectivity index (χ2v) is 8.28. The Balaban J connectivity index is 1.57. The summed E-state index contributed by atoms with van der Waals surface area (Å²) in [6, 6.07) is 22.8. The number of carbonyl (C=O) groups excluding carboxylic acids is 1. The van der Waals surface area contributed by atoms with Gasteiger partial charge in [-0.2, -0.15) is 0 Å². The molecule has 1 heterocycles. The van der Waals surface area contributed by atoms with E-state index in [0.29, 0.717) is 34.8 Å². The van der Waals surface area contributed by atoms with Crippen LogP contribution < -0.4 is 19.5 Å². The van der Waals surface area contributed by atoms with Gasteiger partial charge in [0.05, 0.1) is 32.3 Å². The Hall–Kier alpha value is -3.98. The number of methoxy groups -OCH3 is 2. The molecule has 0 spiro atoms. The highest BCUT2D eigenvalue weighted by atomic mass is 32.2. The molecule has 0 aliphatic heterocycles. The first-order valence-electron chi connectivity index (χ1n) is 11.0. The number of amides is 1. The van der Waals surface area contributed by atoms with Crippen LogP contribution in [0.4, 0.5) is 5.69 Å². The Labute approximate surface area is 208 Å². The molecule has 4 rings (SSSR count). The Morgan fingerprint density at radius 3 is 2.37 bits per heavy atom. The number of hydrogen-bond donors (Lipinski definition) is 1. The number of rotatable bonds is 10. The van der Waals surface area contributed by atoms with Crippen molar-refractivity contribution in [3.63, 3.8) is 0 Å². The lowest BCUT2D eigenvalue weighted by Gasteiger charge is -2.13. The normalized spacial score (nSPS) is 10.6. The Morgan fingerprint density at radius 2 is 1.69 bits per heavy atom. The van der Waals surface area contributed by atoms with Gasteiger partial charge in [-0.15, -0.1) is 10.2 Å². The molecule has 0 bridgehead atoms. The van der Waals surface area contributed by atoms with Crippen LogP contribution in [0, 0.1) is 0 Å². The summed E-state index contributed by atoms with van der Waals surface area (Å²) < 4.78 is 18.1. The first kappa shape index (κ1) is 24.2. The molecule has 0 aliphatic rings. The highest BCUT2D eigenvalue weighted by molar-refractivity contribution is 7.99. The molecule has 180 valence electrons. The molecule has 1 aromatic heterocycles. The third-order valence-electron chi connectivity index (χ3n) is 5.09. The number of anilines is 1.